The fraction of sp³-hybridized carbons (Fsp3) is 0.471. The SMILES string of the molecule is Cc1cccc2c(NCCCN3CCOCC3)ccnc12. The average molecular weight is 285 g/mol. The molecule has 0 unspecified atom stereocenters. The van der Waals surface area contributed by atoms with Gasteiger partial charge >= 0.3 is 0 Å². The Bertz CT molecular complexity index is 594. The van der Waals surface area contributed by atoms with Gasteiger partial charge in [-0.15, -0.1) is 0 Å². The van der Waals surface area contributed by atoms with Crippen LogP contribution in [0.15, 0.2) is 30.5 Å². The highest BCUT2D eigenvalue weighted by molar-refractivity contribution is 5.92. The lowest BCUT2D eigenvalue weighted by atomic mass is 10.1. The van der Waals surface area contributed by atoms with Gasteiger partial charge in [-0.05, 0) is 31.5 Å². The number of nitrogens with zero attached hydrogens (tertiary/aromatic N) is 2. The second-order valence-corrected chi connectivity index (χ2v) is 5.56. The minimum atomic E-state index is 0.877. The summed E-state index contributed by atoms with van der Waals surface area (Å²) < 4.78 is 5.37. The highest BCUT2D eigenvalue weighted by Gasteiger charge is 2.09. The van der Waals surface area contributed by atoms with Crippen molar-refractivity contribution in [3.63, 3.8) is 0 Å². The fourth-order valence-corrected chi connectivity index (χ4v) is 2.83. The molecule has 0 saturated carbocycles. The third-order valence-electron chi connectivity index (χ3n) is 4.04. The second-order valence-electron chi connectivity index (χ2n) is 5.56. The summed E-state index contributed by atoms with van der Waals surface area (Å²) in [4.78, 5) is 6.95. The minimum Gasteiger partial charge on any atom is -0.384 e. The maximum atomic E-state index is 5.37. The summed E-state index contributed by atoms with van der Waals surface area (Å²) in [6.07, 6.45) is 3.04. The zero-order chi connectivity index (χ0) is 14.5. The zero-order valence-electron chi connectivity index (χ0n) is 12.6. The first kappa shape index (κ1) is 14.3. The number of hydrogen-bond donors (Lipinski definition) is 1. The molecule has 2 heterocycles. The molecule has 1 aliphatic heterocycles. The van der Waals surface area contributed by atoms with E-state index in [4.69, 9.17) is 4.74 Å². The molecule has 4 heteroatoms. The molecule has 0 spiro atoms. The lowest BCUT2D eigenvalue weighted by Gasteiger charge is -2.26. The van der Waals surface area contributed by atoms with Gasteiger partial charge in [0.05, 0.1) is 18.7 Å². The van der Waals surface area contributed by atoms with E-state index >= 15 is 0 Å². The van der Waals surface area contributed by atoms with Crippen LogP contribution in [-0.4, -0.2) is 49.3 Å². The smallest absolute Gasteiger partial charge is 0.0751 e. The predicted molar refractivity (Wildman–Crippen MR) is 86.8 cm³/mol. The number of morpholine rings is 1. The van der Waals surface area contributed by atoms with Crippen molar-refractivity contribution in [3.8, 4) is 0 Å². The summed E-state index contributed by atoms with van der Waals surface area (Å²) in [6.45, 7) is 8.12. The van der Waals surface area contributed by atoms with Gasteiger partial charge in [0, 0.05) is 36.9 Å². The third kappa shape index (κ3) is 3.52. The Morgan fingerprint density at radius 1 is 1.24 bits per heavy atom. The van der Waals surface area contributed by atoms with Crippen molar-refractivity contribution in [1.29, 1.82) is 0 Å². The van der Waals surface area contributed by atoms with Gasteiger partial charge in [-0.25, -0.2) is 0 Å². The Kier molecular flexibility index (Phi) is 4.68. The summed E-state index contributed by atoms with van der Waals surface area (Å²) in [5.74, 6) is 0. The van der Waals surface area contributed by atoms with Crippen LogP contribution in [0.25, 0.3) is 10.9 Å². The van der Waals surface area contributed by atoms with Crippen LogP contribution >= 0.6 is 0 Å². The molecule has 1 N–H and O–H groups in total. The number of benzene rings is 1. The molecule has 4 nitrogen and oxygen atoms in total. The highest BCUT2D eigenvalue weighted by Crippen LogP contribution is 2.23. The lowest BCUT2D eigenvalue weighted by molar-refractivity contribution is 0.0378. The van der Waals surface area contributed by atoms with E-state index in [1.54, 1.807) is 0 Å². The first-order valence-electron chi connectivity index (χ1n) is 7.73. The highest BCUT2D eigenvalue weighted by atomic mass is 16.5. The lowest BCUT2D eigenvalue weighted by Crippen LogP contribution is -2.37. The van der Waals surface area contributed by atoms with Crippen molar-refractivity contribution in [2.45, 2.75) is 13.3 Å². The molecule has 21 heavy (non-hydrogen) atoms. The van der Waals surface area contributed by atoms with Gasteiger partial charge in [-0.2, -0.15) is 0 Å². The van der Waals surface area contributed by atoms with Crippen molar-refractivity contribution in [2.75, 3.05) is 44.7 Å². The first-order valence-corrected chi connectivity index (χ1v) is 7.73. The predicted octanol–water partition coefficient (Wildman–Crippen LogP) is 2.68. The zero-order valence-corrected chi connectivity index (χ0v) is 12.6. The molecule has 1 aliphatic rings. The Morgan fingerprint density at radius 2 is 2.10 bits per heavy atom. The molecule has 0 amide bonds. The summed E-state index contributed by atoms with van der Waals surface area (Å²) in [5, 5.41) is 4.77. The van der Waals surface area contributed by atoms with E-state index in [0.717, 1.165) is 51.3 Å². The largest absolute Gasteiger partial charge is 0.384 e. The van der Waals surface area contributed by atoms with Crippen molar-refractivity contribution in [2.24, 2.45) is 0 Å². The maximum Gasteiger partial charge on any atom is 0.0751 e. The number of hydrogen-bond acceptors (Lipinski definition) is 4. The molecule has 0 bridgehead atoms. The number of nitrogens with one attached hydrogen (secondary N) is 1. The topological polar surface area (TPSA) is 37.4 Å². The summed E-state index contributed by atoms with van der Waals surface area (Å²) in [5.41, 5.74) is 3.51. The molecule has 1 fully saturated rings. The van der Waals surface area contributed by atoms with Crippen molar-refractivity contribution < 1.29 is 4.74 Å². The van der Waals surface area contributed by atoms with Crippen LogP contribution in [0, 0.1) is 6.92 Å². The van der Waals surface area contributed by atoms with Crippen molar-refractivity contribution in [1.82, 2.24) is 9.88 Å². The van der Waals surface area contributed by atoms with Crippen LogP contribution in [0.2, 0.25) is 0 Å². The van der Waals surface area contributed by atoms with E-state index in [1.807, 2.05) is 6.20 Å². The van der Waals surface area contributed by atoms with Crippen molar-refractivity contribution in [3.05, 3.63) is 36.0 Å². The molecule has 0 radical (unpaired) electrons. The number of rotatable bonds is 5. The summed E-state index contributed by atoms with van der Waals surface area (Å²) in [7, 11) is 0. The van der Waals surface area contributed by atoms with Crippen molar-refractivity contribution >= 4 is 16.6 Å². The van der Waals surface area contributed by atoms with Crippen LogP contribution in [0.3, 0.4) is 0 Å². The maximum absolute atomic E-state index is 5.37. The molecular formula is C17H23N3O. The van der Waals surface area contributed by atoms with Crippen LogP contribution in [-0.2, 0) is 4.74 Å². The molecule has 1 aromatic carbocycles. The van der Waals surface area contributed by atoms with Gasteiger partial charge in [0.25, 0.3) is 0 Å². The van der Waals surface area contributed by atoms with E-state index < -0.39 is 0 Å². The fourth-order valence-electron chi connectivity index (χ4n) is 2.83. The van der Waals surface area contributed by atoms with E-state index in [0.29, 0.717) is 0 Å². The quantitative estimate of drug-likeness (QED) is 0.857. The third-order valence-corrected chi connectivity index (χ3v) is 4.04. The number of ether oxygens (including phenoxy) is 1. The molecular weight excluding hydrogens is 262 g/mol. The van der Waals surface area contributed by atoms with Gasteiger partial charge in [-0.3, -0.25) is 9.88 Å². The van der Waals surface area contributed by atoms with Gasteiger partial charge in [0.1, 0.15) is 0 Å². The van der Waals surface area contributed by atoms with Gasteiger partial charge < -0.3 is 10.1 Å². The Hall–Kier alpha value is -1.65. The van der Waals surface area contributed by atoms with E-state index in [-0.39, 0.29) is 0 Å². The Morgan fingerprint density at radius 3 is 2.95 bits per heavy atom. The second kappa shape index (κ2) is 6.87. The van der Waals surface area contributed by atoms with E-state index in [9.17, 15) is 0 Å². The van der Waals surface area contributed by atoms with Crippen LogP contribution in [0.4, 0.5) is 5.69 Å². The Labute approximate surface area is 126 Å². The standard InChI is InChI=1S/C17H23N3O/c1-14-4-2-5-15-16(6-8-19-17(14)15)18-7-3-9-20-10-12-21-13-11-20/h2,4-6,8H,3,7,9-13H2,1H3,(H,18,19). The molecule has 3 rings (SSSR count). The van der Waals surface area contributed by atoms with Gasteiger partial charge in [-0.1, -0.05) is 18.2 Å². The summed E-state index contributed by atoms with van der Waals surface area (Å²) >= 11 is 0. The number of aryl methyl sites for hydroxylation is 1. The normalized spacial score (nSPS) is 16.2. The summed E-state index contributed by atoms with van der Waals surface area (Å²) in [6, 6.07) is 8.41. The first-order chi connectivity index (χ1) is 10.3. The molecule has 0 atom stereocenters. The van der Waals surface area contributed by atoms with E-state index in [1.165, 1.54) is 16.6 Å². The van der Waals surface area contributed by atoms with E-state index in [2.05, 4.69) is 46.4 Å². The molecule has 2 aromatic rings. The molecule has 0 aliphatic carbocycles. The van der Waals surface area contributed by atoms with Gasteiger partial charge in [0.2, 0.25) is 0 Å². The average Bonchev–Trinajstić information content (AvgIpc) is 2.53. The molecule has 1 saturated heterocycles. The molecule has 112 valence electrons. The monoisotopic (exact) mass is 285 g/mol. The number of fused-ring (bicyclic) bond motifs is 1. The Balaban J connectivity index is 1.57. The minimum absolute atomic E-state index is 0.877. The van der Waals surface area contributed by atoms with Crippen LogP contribution in [0.1, 0.15) is 12.0 Å². The number of aromatic nitrogens is 1. The molecule has 1 aromatic heterocycles. The van der Waals surface area contributed by atoms with Crippen LogP contribution < -0.4 is 5.32 Å². The van der Waals surface area contributed by atoms with Gasteiger partial charge in [0.15, 0.2) is 0 Å². The number of pyridine rings is 1. The van der Waals surface area contributed by atoms with Crippen LogP contribution in [0.5, 0.6) is 0 Å². The number of anilines is 1. The number of para-hydroxylation sites is 1.